The third-order valence-electron chi connectivity index (χ3n) is 4.36. The number of phenolic OH excluding ortho intramolecular Hbond substituents is 1. The lowest BCUT2D eigenvalue weighted by molar-refractivity contribution is -0.118. The number of nitrogens with zero attached hydrogens (tertiary/aromatic N) is 1. The number of pyridine rings is 1. The Balaban J connectivity index is 2.05. The van der Waals surface area contributed by atoms with Crippen molar-refractivity contribution in [2.75, 3.05) is 25.5 Å². The molecule has 8 heteroatoms. The van der Waals surface area contributed by atoms with E-state index in [1.165, 1.54) is 32.2 Å². The van der Waals surface area contributed by atoms with Gasteiger partial charge in [-0.15, -0.1) is 0 Å². The largest absolute Gasteiger partial charge is 0.507 e. The van der Waals surface area contributed by atoms with Crippen LogP contribution in [0.15, 0.2) is 48.5 Å². The molecule has 1 aromatic heterocycles. The van der Waals surface area contributed by atoms with Gasteiger partial charge in [-0.25, -0.2) is 9.37 Å². The number of rotatable bonds is 7. The van der Waals surface area contributed by atoms with Crippen molar-refractivity contribution in [2.24, 2.45) is 0 Å². The summed E-state index contributed by atoms with van der Waals surface area (Å²) < 4.78 is 19.7. The molecule has 3 rings (SSSR count). The topological polar surface area (TPSA) is 83.5 Å². The van der Waals surface area contributed by atoms with Gasteiger partial charge in [0.25, 0.3) is 0 Å². The number of methoxy groups -OCH3 is 1. The molecule has 1 amide bonds. The predicted octanol–water partition coefficient (Wildman–Crippen LogP) is 4.47. The molecule has 30 heavy (non-hydrogen) atoms. The molecule has 2 aromatic carbocycles. The van der Waals surface area contributed by atoms with E-state index in [1.807, 2.05) is 0 Å². The first-order valence-electron chi connectivity index (χ1n) is 9.21. The molecular weight excluding hydrogens is 409 g/mol. The van der Waals surface area contributed by atoms with Crippen LogP contribution in [0.5, 0.6) is 11.5 Å². The molecule has 0 unspecified atom stereocenters. The Hall–Kier alpha value is -3.32. The summed E-state index contributed by atoms with van der Waals surface area (Å²) in [6.45, 7) is 2.24. The van der Waals surface area contributed by atoms with Crippen molar-refractivity contribution in [3.05, 3.63) is 59.4 Å². The highest BCUT2D eigenvalue weighted by molar-refractivity contribution is 6.33. The highest BCUT2D eigenvalue weighted by Crippen LogP contribution is 2.37. The van der Waals surface area contributed by atoms with Gasteiger partial charge in [0.1, 0.15) is 23.1 Å². The zero-order valence-electron chi connectivity index (χ0n) is 16.5. The van der Waals surface area contributed by atoms with Crippen molar-refractivity contribution >= 4 is 23.3 Å². The number of aromatic nitrogens is 1. The minimum absolute atomic E-state index is 0.0252. The second kappa shape index (κ2) is 9.45. The van der Waals surface area contributed by atoms with E-state index in [0.29, 0.717) is 41.5 Å². The van der Waals surface area contributed by atoms with Crippen LogP contribution in [0.1, 0.15) is 6.92 Å². The lowest BCUT2D eigenvalue weighted by atomic mass is 10.0. The molecular formula is C22H21ClFN3O3. The minimum Gasteiger partial charge on any atom is -0.507 e. The Kier molecular flexibility index (Phi) is 6.74. The number of ether oxygens (including phenoxy) is 1. The predicted molar refractivity (Wildman–Crippen MR) is 115 cm³/mol. The number of hydrogen-bond donors (Lipinski definition) is 3. The maximum absolute atomic E-state index is 14.5. The fraction of sp³-hybridized carbons (Fsp3) is 0.182. The number of aromatic hydroxyl groups is 1. The Morgan fingerprint density at radius 2 is 2.00 bits per heavy atom. The first kappa shape index (κ1) is 21.4. The highest BCUT2D eigenvalue weighted by Gasteiger charge is 2.15. The molecule has 1 heterocycles. The average Bonchev–Trinajstić information content (AvgIpc) is 2.70. The summed E-state index contributed by atoms with van der Waals surface area (Å²) in [7, 11) is 1.50. The zero-order chi connectivity index (χ0) is 21.7. The molecule has 0 saturated carbocycles. The van der Waals surface area contributed by atoms with Gasteiger partial charge in [-0.2, -0.15) is 0 Å². The zero-order valence-corrected chi connectivity index (χ0v) is 17.3. The number of phenols is 1. The van der Waals surface area contributed by atoms with Crippen LogP contribution in [0.25, 0.3) is 22.4 Å². The van der Waals surface area contributed by atoms with Crippen LogP contribution >= 0.6 is 11.6 Å². The van der Waals surface area contributed by atoms with Crippen molar-refractivity contribution in [1.82, 2.24) is 10.3 Å². The molecule has 0 radical (unpaired) electrons. The number of amides is 1. The fourth-order valence-corrected chi connectivity index (χ4v) is 3.23. The SMILES string of the molecule is COc1ccc(-c2cc(-c3c(F)cccc3Cl)cc(NCCNC(C)=O)n2)c(O)c1. The Morgan fingerprint density at radius 3 is 2.67 bits per heavy atom. The second-order valence-electron chi connectivity index (χ2n) is 6.52. The maximum atomic E-state index is 14.5. The van der Waals surface area contributed by atoms with Crippen LogP contribution in [0, 0.1) is 5.82 Å². The molecule has 3 aromatic rings. The molecule has 156 valence electrons. The van der Waals surface area contributed by atoms with Gasteiger partial charge in [0.15, 0.2) is 0 Å². The summed E-state index contributed by atoms with van der Waals surface area (Å²) in [6.07, 6.45) is 0. The van der Waals surface area contributed by atoms with Crippen LogP contribution in [0.4, 0.5) is 10.2 Å². The van der Waals surface area contributed by atoms with E-state index in [0.717, 1.165) is 0 Å². The van der Waals surface area contributed by atoms with Crippen molar-refractivity contribution < 1.29 is 19.0 Å². The van der Waals surface area contributed by atoms with E-state index < -0.39 is 5.82 Å². The van der Waals surface area contributed by atoms with E-state index >= 15 is 0 Å². The molecule has 0 aliphatic heterocycles. The molecule has 0 bridgehead atoms. The van der Waals surface area contributed by atoms with E-state index in [2.05, 4.69) is 15.6 Å². The normalized spacial score (nSPS) is 10.5. The second-order valence-corrected chi connectivity index (χ2v) is 6.92. The molecule has 3 N–H and O–H groups in total. The Bertz CT molecular complexity index is 1060. The summed E-state index contributed by atoms with van der Waals surface area (Å²) >= 11 is 6.25. The van der Waals surface area contributed by atoms with Crippen LogP contribution in [0.2, 0.25) is 5.02 Å². The third-order valence-corrected chi connectivity index (χ3v) is 4.68. The Morgan fingerprint density at radius 1 is 1.20 bits per heavy atom. The lowest BCUT2D eigenvalue weighted by Gasteiger charge is -2.14. The van der Waals surface area contributed by atoms with Crippen molar-refractivity contribution in [1.29, 1.82) is 0 Å². The van der Waals surface area contributed by atoms with Crippen molar-refractivity contribution in [2.45, 2.75) is 6.92 Å². The highest BCUT2D eigenvalue weighted by atomic mass is 35.5. The summed E-state index contributed by atoms with van der Waals surface area (Å²) in [4.78, 5) is 15.6. The van der Waals surface area contributed by atoms with Crippen LogP contribution in [-0.2, 0) is 4.79 Å². The minimum atomic E-state index is -0.470. The number of benzene rings is 2. The van der Waals surface area contributed by atoms with Crippen molar-refractivity contribution in [3.63, 3.8) is 0 Å². The number of hydrogen-bond acceptors (Lipinski definition) is 5. The molecule has 0 atom stereocenters. The molecule has 0 aliphatic carbocycles. The smallest absolute Gasteiger partial charge is 0.216 e. The lowest BCUT2D eigenvalue weighted by Crippen LogP contribution is -2.26. The van der Waals surface area contributed by atoms with Gasteiger partial charge in [0.05, 0.1) is 17.8 Å². The van der Waals surface area contributed by atoms with Gasteiger partial charge in [-0.05, 0) is 42.0 Å². The van der Waals surface area contributed by atoms with Crippen molar-refractivity contribution in [3.8, 4) is 33.9 Å². The van der Waals surface area contributed by atoms with Gasteiger partial charge in [0.2, 0.25) is 5.91 Å². The van der Waals surface area contributed by atoms with Gasteiger partial charge in [0, 0.05) is 37.2 Å². The quantitative estimate of drug-likeness (QED) is 0.482. The number of halogens is 2. The van der Waals surface area contributed by atoms with Crippen LogP contribution in [0.3, 0.4) is 0 Å². The Labute approximate surface area is 178 Å². The average molecular weight is 430 g/mol. The number of nitrogens with one attached hydrogen (secondary N) is 2. The van der Waals surface area contributed by atoms with E-state index in [4.69, 9.17) is 16.3 Å². The van der Waals surface area contributed by atoms with Crippen LogP contribution < -0.4 is 15.4 Å². The molecule has 6 nitrogen and oxygen atoms in total. The monoisotopic (exact) mass is 429 g/mol. The number of anilines is 1. The first-order valence-corrected chi connectivity index (χ1v) is 9.59. The summed E-state index contributed by atoms with van der Waals surface area (Å²) in [6, 6.07) is 12.6. The molecule has 0 saturated heterocycles. The van der Waals surface area contributed by atoms with E-state index in [9.17, 15) is 14.3 Å². The number of carbonyl (C=O) groups excluding carboxylic acids is 1. The summed E-state index contributed by atoms with van der Waals surface area (Å²) in [5.41, 5.74) is 1.62. The summed E-state index contributed by atoms with van der Waals surface area (Å²) in [5, 5.41) is 16.5. The van der Waals surface area contributed by atoms with Gasteiger partial charge >= 0.3 is 0 Å². The van der Waals surface area contributed by atoms with Gasteiger partial charge in [-0.1, -0.05) is 17.7 Å². The van der Waals surface area contributed by atoms with E-state index in [-0.39, 0.29) is 22.2 Å². The first-order chi connectivity index (χ1) is 14.4. The maximum Gasteiger partial charge on any atom is 0.216 e. The molecule has 0 fully saturated rings. The van der Waals surface area contributed by atoms with E-state index in [1.54, 1.807) is 30.3 Å². The summed E-state index contributed by atoms with van der Waals surface area (Å²) in [5.74, 6) is 0.312. The van der Waals surface area contributed by atoms with Crippen LogP contribution in [-0.4, -0.2) is 36.2 Å². The fourth-order valence-electron chi connectivity index (χ4n) is 2.96. The molecule has 0 aliphatic rings. The standard InChI is InChI=1S/C22H21ClFN3O3/c1-13(28)25-8-9-26-21-11-14(22-17(23)4-3-5-18(22)24)10-19(27-21)16-7-6-15(30-2)12-20(16)29/h3-7,10-12,29H,8-9H2,1-2H3,(H,25,28)(H,26,27). The third kappa shape index (κ3) is 4.99. The van der Waals surface area contributed by atoms with Gasteiger partial charge in [-0.3, -0.25) is 4.79 Å². The van der Waals surface area contributed by atoms with Gasteiger partial charge < -0.3 is 20.5 Å². The number of carbonyl (C=O) groups is 1. The molecule has 0 spiro atoms.